The second-order valence-corrected chi connectivity index (χ2v) is 6.63. The summed E-state index contributed by atoms with van der Waals surface area (Å²) in [6.07, 6.45) is 4.21. The number of carbonyl (C=O) groups excluding carboxylic acids is 1. The van der Waals surface area contributed by atoms with Crippen LogP contribution in [0.3, 0.4) is 0 Å². The largest absolute Gasteiger partial charge is 0.481 e. The molecule has 7 heteroatoms. The van der Waals surface area contributed by atoms with Crippen molar-refractivity contribution in [2.45, 2.75) is 31.8 Å². The van der Waals surface area contributed by atoms with Crippen LogP contribution in [0.5, 0.6) is 5.75 Å². The number of benzene rings is 1. The van der Waals surface area contributed by atoms with E-state index in [0.29, 0.717) is 30.6 Å². The molecule has 4 rings (SSSR count). The Morgan fingerprint density at radius 2 is 1.96 bits per heavy atom. The second-order valence-electron chi connectivity index (χ2n) is 6.63. The zero-order chi connectivity index (χ0) is 18.6. The minimum atomic E-state index is -0.514. The number of para-hydroxylation sites is 1. The number of rotatable bonds is 5. The smallest absolute Gasteiger partial charge is 0.263 e. The molecular weight excluding hydrogens is 346 g/mol. The molecule has 140 valence electrons. The number of nitrogens with zero attached hydrogens (tertiary/aromatic N) is 3. The van der Waals surface area contributed by atoms with Crippen molar-refractivity contribution in [1.29, 1.82) is 0 Å². The van der Waals surface area contributed by atoms with Crippen molar-refractivity contribution in [3.05, 3.63) is 54.8 Å². The summed E-state index contributed by atoms with van der Waals surface area (Å²) in [5.74, 6) is 1.94. The molecule has 1 fully saturated rings. The van der Waals surface area contributed by atoms with E-state index in [2.05, 4.69) is 10.2 Å². The first kappa shape index (κ1) is 17.3. The van der Waals surface area contributed by atoms with E-state index in [-0.39, 0.29) is 11.8 Å². The Morgan fingerprint density at radius 3 is 2.67 bits per heavy atom. The van der Waals surface area contributed by atoms with Gasteiger partial charge in [0.25, 0.3) is 11.8 Å². The van der Waals surface area contributed by atoms with Gasteiger partial charge >= 0.3 is 0 Å². The number of likely N-dealkylation sites (tertiary alicyclic amines) is 1. The fourth-order valence-electron chi connectivity index (χ4n) is 3.26. The van der Waals surface area contributed by atoms with Crippen LogP contribution in [0, 0.1) is 0 Å². The standard InChI is InChI=1S/C20H21N3O4/c1-14(26-17-5-3-2-4-6-17)20(24)23-10-7-15(8-11-23)18-21-22-19(27-18)16-9-12-25-13-16/h2-6,9,12-15H,7-8,10-11H2,1H3/t14-/m1/s1. The molecule has 3 aromatic rings. The lowest BCUT2D eigenvalue weighted by Crippen LogP contribution is -2.44. The van der Waals surface area contributed by atoms with Crippen molar-refractivity contribution in [2.75, 3.05) is 13.1 Å². The highest BCUT2D eigenvalue weighted by molar-refractivity contribution is 5.81. The highest BCUT2D eigenvalue weighted by Gasteiger charge is 2.30. The summed E-state index contributed by atoms with van der Waals surface area (Å²) < 4.78 is 16.6. The quantitative estimate of drug-likeness (QED) is 0.686. The molecule has 0 bridgehead atoms. The summed E-state index contributed by atoms with van der Waals surface area (Å²) >= 11 is 0. The normalized spacial score (nSPS) is 16.3. The Morgan fingerprint density at radius 1 is 1.19 bits per heavy atom. The van der Waals surface area contributed by atoms with Crippen LogP contribution in [0.25, 0.3) is 11.5 Å². The van der Waals surface area contributed by atoms with Gasteiger partial charge in [-0.15, -0.1) is 10.2 Å². The summed E-state index contributed by atoms with van der Waals surface area (Å²) in [5.41, 5.74) is 0.772. The summed E-state index contributed by atoms with van der Waals surface area (Å²) in [5, 5.41) is 8.26. The van der Waals surface area contributed by atoms with Crippen molar-refractivity contribution < 1.29 is 18.4 Å². The Hall–Kier alpha value is -3.09. The Kier molecular flexibility index (Phi) is 4.91. The molecule has 3 heterocycles. The summed E-state index contributed by atoms with van der Waals surface area (Å²) in [6, 6.07) is 11.2. The van der Waals surface area contributed by atoms with E-state index >= 15 is 0 Å². The van der Waals surface area contributed by atoms with E-state index in [1.807, 2.05) is 35.2 Å². The number of carbonyl (C=O) groups is 1. The van der Waals surface area contributed by atoms with Crippen LogP contribution in [0.1, 0.15) is 31.6 Å². The molecule has 1 atom stereocenters. The number of piperidine rings is 1. The number of hydrogen-bond donors (Lipinski definition) is 0. The lowest BCUT2D eigenvalue weighted by atomic mass is 9.96. The first-order chi connectivity index (χ1) is 13.2. The molecule has 0 unspecified atom stereocenters. The number of ether oxygens (including phenoxy) is 1. The number of furan rings is 1. The molecule has 1 amide bonds. The molecule has 1 aromatic carbocycles. The fraction of sp³-hybridized carbons (Fsp3) is 0.350. The third-order valence-electron chi connectivity index (χ3n) is 4.77. The van der Waals surface area contributed by atoms with Crippen LogP contribution in [-0.4, -0.2) is 40.2 Å². The highest BCUT2D eigenvalue weighted by atomic mass is 16.5. The average Bonchev–Trinajstić information content (AvgIpc) is 3.40. The van der Waals surface area contributed by atoms with Crippen molar-refractivity contribution in [3.8, 4) is 17.2 Å². The molecule has 0 aliphatic carbocycles. The molecule has 7 nitrogen and oxygen atoms in total. The number of hydrogen-bond acceptors (Lipinski definition) is 6. The van der Waals surface area contributed by atoms with Crippen molar-refractivity contribution in [2.24, 2.45) is 0 Å². The maximum Gasteiger partial charge on any atom is 0.263 e. The summed E-state index contributed by atoms with van der Waals surface area (Å²) in [6.45, 7) is 3.08. The molecule has 0 radical (unpaired) electrons. The molecule has 1 aliphatic heterocycles. The molecule has 2 aromatic heterocycles. The van der Waals surface area contributed by atoms with Gasteiger partial charge in [0.15, 0.2) is 6.10 Å². The zero-order valence-electron chi connectivity index (χ0n) is 15.1. The van der Waals surface area contributed by atoms with Crippen LogP contribution in [-0.2, 0) is 4.79 Å². The van der Waals surface area contributed by atoms with Crippen LogP contribution >= 0.6 is 0 Å². The third-order valence-corrected chi connectivity index (χ3v) is 4.77. The summed E-state index contributed by atoms with van der Waals surface area (Å²) in [4.78, 5) is 14.5. The van der Waals surface area contributed by atoms with Gasteiger partial charge in [0.2, 0.25) is 5.89 Å². The molecule has 0 N–H and O–H groups in total. The van der Waals surface area contributed by atoms with Gasteiger partial charge in [-0.05, 0) is 38.0 Å². The average molecular weight is 367 g/mol. The third kappa shape index (κ3) is 3.86. The predicted molar refractivity (Wildman–Crippen MR) is 97.1 cm³/mol. The van der Waals surface area contributed by atoms with E-state index in [4.69, 9.17) is 13.6 Å². The maximum atomic E-state index is 12.6. The Labute approximate surface area is 156 Å². The SMILES string of the molecule is C[C@@H](Oc1ccccc1)C(=O)N1CCC(c2nnc(-c3ccoc3)o2)CC1. The Balaban J connectivity index is 1.32. The molecule has 0 spiro atoms. The van der Waals surface area contributed by atoms with Gasteiger partial charge in [-0.25, -0.2) is 0 Å². The molecule has 1 aliphatic rings. The molecular formula is C20H21N3O4. The van der Waals surface area contributed by atoms with Crippen molar-refractivity contribution in [1.82, 2.24) is 15.1 Å². The van der Waals surface area contributed by atoms with Crippen molar-refractivity contribution >= 4 is 5.91 Å². The predicted octanol–water partition coefficient (Wildman–Crippen LogP) is 3.50. The molecule has 27 heavy (non-hydrogen) atoms. The van der Waals surface area contributed by atoms with Gasteiger partial charge < -0.3 is 18.5 Å². The summed E-state index contributed by atoms with van der Waals surface area (Å²) in [7, 11) is 0. The van der Waals surface area contributed by atoms with Crippen LogP contribution in [0.2, 0.25) is 0 Å². The van der Waals surface area contributed by atoms with Crippen LogP contribution < -0.4 is 4.74 Å². The molecule has 1 saturated heterocycles. The van der Waals surface area contributed by atoms with E-state index in [0.717, 1.165) is 18.4 Å². The van der Waals surface area contributed by atoms with Gasteiger partial charge in [-0.2, -0.15) is 0 Å². The number of aromatic nitrogens is 2. The van der Waals surface area contributed by atoms with Gasteiger partial charge in [0.05, 0.1) is 11.8 Å². The number of amides is 1. The molecule has 0 saturated carbocycles. The lowest BCUT2D eigenvalue weighted by Gasteiger charge is -2.32. The van der Waals surface area contributed by atoms with Gasteiger partial charge in [0.1, 0.15) is 12.0 Å². The minimum absolute atomic E-state index is 0.00178. The highest BCUT2D eigenvalue weighted by Crippen LogP contribution is 2.29. The first-order valence-corrected chi connectivity index (χ1v) is 9.07. The monoisotopic (exact) mass is 367 g/mol. The van der Waals surface area contributed by atoms with E-state index < -0.39 is 6.10 Å². The first-order valence-electron chi connectivity index (χ1n) is 9.07. The van der Waals surface area contributed by atoms with Crippen LogP contribution in [0.4, 0.5) is 0 Å². The van der Waals surface area contributed by atoms with Crippen molar-refractivity contribution in [3.63, 3.8) is 0 Å². The lowest BCUT2D eigenvalue weighted by molar-refractivity contribution is -0.139. The Bertz CT molecular complexity index is 868. The van der Waals surface area contributed by atoms with Crippen LogP contribution in [0.15, 0.2) is 57.8 Å². The van der Waals surface area contributed by atoms with Gasteiger partial charge in [0, 0.05) is 19.0 Å². The van der Waals surface area contributed by atoms with E-state index in [1.165, 1.54) is 0 Å². The van der Waals surface area contributed by atoms with E-state index in [9.17, 15) is 4.79 Å². The van der Waals surface area contributed by atoms with E-state index in [1.54, 1.807) is 25.5 Å². The topological polar surface area (TPSA) is 81.6 Å². The maximum absolute atomic E-state index is 12.6. The second kappa shape index (κ2) is 7.65. The zero-order valence-corrected chi connectivity index (χ0v) is 15.1. The minimum Gasteiger partial charge on any atom is -0.481 e. The van der Waals surface area contributed by atoms with Gasteiger partial charge in [-0.1, -0.05) is 18.2 Å². The fourth-order valence-corrected chi connectivity index (χ4v) is 3.26. The van der Waals surface area contributed by atoms with Gasteiger partial charge in [-0.3, -0.25) is 4.79 Å².